The number of rotatable bonds is 2. The van der Waals surface area contributed by atoms with Crippen molar-refractivity contribution in [3.05, 3.63) is 41.0 Å². The van der Waals surface area contributed by atoms with Crippen molar-refractivity contribution >= 4 is 12.4 Å². The second-order valence-corrected chi connectivity index (χ2v) is 4.56. The third-order valence-corrected chi connectivity index (χ3v) is 3.37. The van der Waals surface area contributed by atoms with E-state index in [4.69, 9.17) is 0 Å². The number of aryl methyl sites for hydroxylation is 1. The van der Waals surface area contributed by atoms with Gasteiger partial charge in [0.25, 0.3) is 0 Å². The Morgan fingerprint density at radius 3 is 3.06 bits per heavy atom. The fraction of sp³-hybridized carbons (Fsp3) is 0.357. The highest BCUT2D eigenvalue weighted by Crippen LogP contribution is 2.26. The maximum Gasteiger partial charge on any atom is 0.0827 e. The van der Waals surface area contributed by atoms with Gasteiger partial charge in [-0.25, -0.2) is 0 Å². The van der Waals surface area contributed by atoms with E-state index in [1.165, 1.54) is 24.0 Å². The quantitative estimate of drug-likeness (QED) is 0.800. The van der Waals surface area contributed by atoms with E-state index in [0.29, 0.717) is 6.04 Å². The van der Waals surface area contributed by atoms with Gasteiger partial charge >= 0.3 is 0 Å². The molecule has 2 heteroatoms. The summed E-state index contributed by atoms with van der Waals surface area (Å²) in [5.74, 6) is 0. The lowest BCUT2D eigenvalue weighted by atomic mass is 9.89. The molecular weight excluding hydrogens is 196 g/mol. The second-order valence-electron chi connectivity index (χ2n) is 4.56. The summed E-state index contributed by atoms with van der Waals surface area (Å²) in [6, 6.07) is 9.22. The van der Waals surface area contributed by atoms with Crippen LogP contribution < -0.4 is 5.32 Å². The summed E-state index contributed by atoms with van der Waals surface area (Å²) in [5, 5.41) is 3.30. The van der Waals surface area contributed by atoms with Gasteiger partial charge in [-0.15, -0.1) is 0 Å². The van der Waals surface area contributed by atoms with E-state index in [9.17, 15) is 0 Å². The minimum atomic E-state index is 0.525. The van der Waals surface area contributed by atoms with Crippen molar-refractivity contribution in [3.63, 3.8) is 0 Å². The Morgan fingerprint density at radius 2 is 2.19 bits per heavy atom. The lowest BCUT2D eigenvalue weighted by Crippen LogP contribution is -2.25. The number of hydrogen-bond acceptors (Lipinski definition) is 2. The number of benzene rings is 1. The van der Waals surface area contributed by atoms with Gasteiger partial charge in [-0.05, 0) is 30.4 Å². The molecule has 2 aliphatic rings. The molecule has 0 saturated heterocycles. The predicted octanol–water partition coefficient (Wildman–Crippen LogP) is 2.41. The van der Waals surface area contributed by atoms with Gasteiger partial charge in [0, 0.05) is 0 Å². The molecule has 1 aliphatic heterocycles. The summed E-state index contributed by atoms with van der Waals surface area (Å²) in [5.41, 5.74) is 4.45. The highest BCUT2D eigenvalue weighted by molar-refractivity contribution is 5.61. The van der Waals surface area contributed by atoms with Gasteiger partial charge < -0.3 is 5.32 Å². The molecule has 0 aromatic heterocycles. The Labute approximate surface area is 96.1 Å². The van der Waals surface area contributed by atoms with Crippen LogP contribution in [0.2, 0.25) is 0 Å². The van der Waals surface area contributed by atoms with Crippen LogP contribution >= 0.6 is 0 Å². The van der Waals surface area contributed by atoms with Gasteiger partial charge in [0.1, 0.15) is 0 Å². The van der Waals surface area contributed by atoms with Crippen LogP contribution in [0.15, 0.2) is 34.8 Å². The molecule has 0 saturated carbocycles. The molecule has 0 amide bonds. The Hall–Kier alpha value is -1.57. The average molecular weight is 212 g/mol. The SMILES string of the molecule is C1=NC[C@@H](CC2=Cc3ccccc3CC2)N1. The first-order valence-electron chi connectivity index (χ1n) is 5.93. The number of nitrogens with zero attached hydrogens (tertiary/aromatic N) is 1. The summed E-state index contributed by atoms with van der Waals surface area (Å²) in [6.45, 7) is 0.930. The molecule has 1 heterocycles. The topological polar surface area (TPSA) is 24.4 Å². The molecule has 1 aromatic carbocycles. The Bertz CT molecular complexity index is 438. The van der Waals surface area contributed by atoms with Crippen LogP contribution in [0.3, 0.4) is 0 Å². The van der Waals surface area contributed by atoms with Gasteiger partial charge in [0.05, 0.1) is 18.9 Å². The van der Waals surface area contributed by atoms with Crippen molar-refractivity contribution in [2.75, 3.05) is 6.54 Å². The van der Waals surface area contributed by atoms with Crippen molar-refractivity contribution in [1.29, 1.82) is 0 Å². The number of nitrogens with one attached hydrogen (secondary N) is 1. The van der Waals surface area contributed by atoms with Crippen molar-refractivity contribution in [1.82, 2.24) is 5.32 Å². The first-order valence-corrected chi connectivity index (χ1v) is 5.93. The average Bonchev–Trinajstić information content (AvgIpc) is 2.82. The third-order valence-electron chi connectivity index (χ3n) is 3.37. The number of hydrogen-bond donors (Lipinski definition) is 1. The molecule has 1 aromatic rings. The van der Waals surface area contributed by atoms with Crippen LogP contribution in [0.5, 0.6) is 0 Å². The van der Waals surface area contributed by atoms with Crippen molar-refractivity contribution < 1.29 is 0 Å². The third kappa shape index (κ3) is 1.87. The molecule has 0 fully saturated rings. The maximum absolute atomic E-state index is 4.21. The summed E-state index contributed by atoms with van der Waals surface area (Å²) < 4.78 is 0. The van der Waals surface area contributed by atoms with E-state index in [1.54, 1.807) is 5.57 Å². The molecule has 0 unspecified atom stereocenters. The summed E-state index contributed by atoms with van der Waals surface area (Å²) in [4.78, 5) is 4.21. The van der Waals surface area contributed by atoms with Crippen LogP contribution in [0.25, 0.3) is 6.08 Å². The fourth-order valence-electron chi connectivity index (χ4n) is 2.48. The van der Waals surface area contributed by atoms with Crippen molar-refractivity contribution in [3.8, 4) is 0 Å². The van der Waals surface area contributed by atoms with Crippen LogP contribution in [-0.4, -0.2) is 18.9 Å². The molecule has 0 bridgehead atoms. The van der Waals surface area contributed by atoms with Crippen LogP contribution in [0.4, 0.5) is 0 Å². The van der Waals surface area contributed by atoms with Crippen LogP contribution in [0, 0.1) is 0 Å². The lowest BCUT2D eigenvalue weighted by Gasteiger charge is -2.18. The summed E-state index contributed by atoms with van der Waals surface area (Å²) in [7, 11) is 0. The minimum Gasteiger partial charge on any atom is -0.372 e. The van der Waals surface area contributed by atoms with E-state index in [2.05, 4.69) is 40.7 Å². The fourth-order valence-corrected chi connectivity index (χ4v) is 2.48. The van der Waals surface area contributed by atoms with Gasteiger partial charge in [0.2, 0.25) is 0 Å². The highest BCUT2D eigenvalue weighted by Gasteiger charge is 2.15. The minimum absolute atomic E-state index is 0.525. The zero-order valence-electron chi connectivity index (χ0n) is 9.32. The Kier molecular flexibility index (Phi) is 2.49. The zero-order chi connectivity index (χ0) is 10.8. The molecule has 82 valence electrons. The molecular formula is C14H16N2. The second kappa shape index (κ2) is 4.12. The molecule has 2 nitrogen and oxygen atoms in total. The highest BCUT2D eigenvalue weighted by atomic mass is 15.0. The Balaban J connectivity index is 1.76. The van der Waals surface area contributed by atoms with Gasteiger partial charge in [-0.2, -0.15) is 0 Å². The maximum atomic E-state index is 4.21. The standard InChI is InChI=1S/C14H16N2/c1-2-4-13-7-11(5-6-12(13)3-1)8-14-9-15-10-16-14/h1-4,7,10,14H,5-6,8-9H2,(H,15,16)/t14-/m1/s1. The first kappa shape index (κ1) is 9.64. The molecule has 0 radical (unpaired) electrons. The van der Waals surface area contributed by atoms with Gasteiger partial charge in [-0.1, -0.05) is 35.9 Å². The van der Waals surface area contributed by atoms with Gasteiger partial charge in [-0.3, -0.25) is 4.99 Å². The molecule has 1 N–H and O–H groups in total. The first-order chi connectivity index (χ1) is 7.92. The van der Waals surface area contributed by atoms with Crippen LogP contribution in [-0.2, 0) is 6.42 Å². The molecule has 0 spiro atoms. The summed E-state index contributed by atoms with van der Waals surface area (Å²) >= 11 is 0. The molecule has 1 atom stereocenters. The van der Waals surface area contributed by atoms with E-state index < -0.39 is 0 Å². The molecule has 3 rings (SSSR count). The molecule has 1 aliphatic carbocycles. The smallest absolute Gasteiger partial charge is 0.0827 e. The van der Waals surface area contributed by atoms with Gasteiger partial charge in [0.15, 0.2) is 0 Å². The lowest BCUT2D eigenvalue weighted by molar-refractivity contribution is 0.636. The molecule has 16 heavy (non-hydrogen) atoms. The Morgan fingerprint density at radius 1 is 1.25 bits per heavy atom. The number of aliphatic imine (C=N–C) groups is 1. The van der Waals surface area contributed by atoms with Crippen LogP contribution in [0.1, 0.15) is 24.0 Å². The number of fused-ring (bicyclic) bond motifs is 1. The van der Waals surface area contributed by atoms with Crippen molar-refractivity contribution in [2.24, 2.45) is 4.99 Å². The normalized spacial score (nSPS) is 22.5. The van der Waals surface area contributed by atoms with E-state index in [0.717, 1.165) is 13.0 Å². The summed E-state index contributed by atoms with van der Waals surface area (Å²) in [6.07, 6.45) is 7.72. The van der Waals surface area contributed by atoms with E-state index >= 15 is 0 Å². The largest absolute Gasteiger partial charge is 0.372 e. The van der Waals surface area contributed by atoms with Crippen molar-refractivity contribution in [2.45, 2.75) is 25.3 Å². The monoisotopic (exact) mass is 212 g/mol. The van der Waals surface area contributed by atoms with E-state index in [-0.39, 0.29) is 0 Å². The zero-order valence-corrected chi connectivity index (χ0v) is 9.32. The predicted molar refractivity (Wildman–Crippen MR) is 67.6 cm³/mol. The van der Waals surface area contributed by atoms with E-state index in [1.807, 2.05) is 6.34 Å².